The fourth-order valence-electron chi connectivity index (χ4n) is 3.27. The van der Waals surface area contributed by atoms with Gasteiger partial charge in [0.1, 0.15) is 5.69 Å². The van der Waals surface area contributed by atoms with Gasteiger partial charge in [0.25, 0.3) is 0 Å². The van der Waals surface area contributed by atoms with Crippen molar-refractivity contribution in [2.24, 2.45) is 0 Å². The number of carbonyl (C=O) groups is 1. The van der Waals surface area contributed by atoms with E-state index < -0.39 is 6.10 Å². The fourth-order valence-corrected chi connectivity index (χ4v) is 3.40. The fraction of sp³-hybridized carbons (Fsp3) is 0.471. The summed E-state index contributed by atoms with van der Waals surface area (Å²) in [4.78, 5) is 14.8. The number of amides is 1. The van der Waals surface area contributed by atoms with Crippen LogP contribution in [0.5, 0.6) is 0 Å². The predicted molar refractivity (Wildman–Crippen MR) is 88.6 cm³/mol. The van der Waals surface area contributed by atoms with Crippen molar-refractivity contribution in [3.63, 3.8) is 0 Å². The number of carbonyl (C=O) groups excluding carboxylic acids is 1. The second kappa shape index (κ2) is 5.57. The number of hydrogen-bond acceptors (Lipinski definition) is 4. The Bertz CT molecular complexity index is 761. The summed E-state index contributed by atoms with van der Waals surface area (Å²) >= 11 is 5.95. The highest BCUT2D eigenvalue weighted by molar-refractivity contribution is 6.30. The molecule has 1 aliphatic carbocycles. The van der Waals surface area contributed by atoms with Crippen LogP contribution in [0.4, 0.5) is 0 Å². The molecule has 1 aliphatic heterocycles. The van der Waals surface area contributed by atoms with E-state index in [1.165, 1.54) is 0 Å². The summed E-state index contributed by atoms with van der Waals surface area (Å²) in [5.41, 5.74) is 1.25. The van der Waals surface area contributed by atoms with Gasteiger partial charge in [-0.2, -0.15) is 0 Å². The first-order chi connectivity index (χ1) is 11.5. The van der Waals surface area contributed by atoms with Gasteiger partial charge in [-0.1, -0.05) is 28.9 Å². The molecule has 0 unspecified atom stereocenters. The third-order valence-corrected chi connectivity index (χ3v) is 5.29. The minimum absolute atomic E-state index is 0.134. The minimum Gasteiger partial charge on any atom is -0.387 e. The van der Waals surface area contributed by atoms with Crippen LogP contribution in [0.2, 0.25) is 5.02 Å². The third-order valence-electron chi connectivity index (χ3n) is 5.04. The lowest BCUT2D eigenvalue weighted by Crippen LogP contribution is -2.54. The zero-order valence-corrected chi connectivity index (χ0v) is 14.1. The van der Waals surface area contributed by atoms with E-state index in [1.54, 1.807) is 17.8 Å². The first-order valence-corrected chi connectivity index (χ1v) is 8.53. The molecule has 2 aliphatic rings. The molecule has 1 aromatic heterocycles. The molecule has 1 N–H and O–H groups in total. The largest absolute Gasteiger partial charge is 0.387 e. The zero-order chi connectivity index (χ0) is 16.9. The third kappa shape index (κ3) is 2.50. The first kappa shape index (κ1) is 15.6. The van der Waals surface area contributed by atoms with Crippen LogP contribution in [-0.4, -0.2) is 44.0 Å². The van der Waals surface area contributed by atoms with Gasteiger partial charge in [-0.05, 0) is 37.5 Å². The number of likely N-dealkylation sites (tertiary alicyclic amines) is 1. The summed E-state index contributed by atoms with van der Waals surface area (Å²) in [5, 5.41) is 18.2. The smallest absolute Gasteiger partial charge is 0.233 e. The Balaban J connectivity index is 1.43. The summed E-state index contributed by atoms with van der Waals surface area (Å²) in [6.07, 6.45) is 2.91. The Kier molecular flexibility index (Phi) is 3.62. The van der Waals surface area contributed by atoms with Gasteiger partial charge in [-0.25, -0.2) is 4.68 Å². The standard InChI is InChI=1S/C17H19ClN4O2/c1-11(23)15-10-22(20-19-15)14-8-21(9-14)16(24)17(6-7-17)12-2-4-13(18)5-3-12/h2-5,10-11,14,23H,6-9H2,1H3/t11-/m0/s1. The summed E-state index contributed by atoms with van der Waals surface area (Å²) in [5.74, 6) is 0.192. The lowest BCUT2D eigenvalue weighted by Gasteiger charge is -2.41. The van der Waals surface area contributed by atoms with E-state index in [1.807, 2.05) is 29.2 Å². The molecule has 6 nitrogen and oxygen atoms in total. The molecular weight excluding hydrogens is 328 g/mol. The molecule has 126 valence electrons. The van der Waals surface area contributed by atoms with Gasteiger partial charge in [0, 0.05) is 18.1 Å². The van der Waals surface area contributed by atoms with Crippen LogP contribution in [0.1, 0.15) is 43.2 Å². The quantitative estimate of drug-likeness (QED) is 0.920. The molecular formula is C17H19ClN4O2. The Morgan fingerprint density at radius 2 is 2.00 bits per heavy atom. The Morgan fingerprint density at radius 3 is 2.54 bits per heavy atom. The molecule has 7 heteroatoms. The first-order valence-electron chi connectivity index (χ1n) is 8.15. The molecule has 1 saturated carbocycles. The van der Waals surface area contributed by atoms with Crippen molar-refractivity contribution in [3.05, 3.63) is 46.7 Å². The van der Waals surface area contributed by atoms with Gasteiger partial charge in [-0.3, -0.25) is 4.79 Å². The number of hydrogen-bond donors (Lipinski definition) is 1. The van der Waals surface area contributed by atoms with Crippen molar-refractivity contribution in [2.75, 3.05) is 13.1 Å². The van der Waals surface area contributed by atoms with Crippen molar-refractivity contribution in [1.29, 1.82) is 0 Å². The van der Waals surface area contributed by atoms with E-state index >= 15 is 0 Å². The number of halogens is 1. The molecule has 0 radical (unpaired) electrons. The second-order valence-electron chi connectivity index (χ2n) is 6.75. The lowest BCUT2D eigenvalue weighted by atomic mass is 9.92. The molecule has 0 bridgehead atoms. The Hall–Kier alpha value is -1.92. The van der Waals surface area contributed by atoms with Crippen molar-refractivity contribution in [3.8, 4) is 0 Å². The maximum atomic E-state index is 12.9. The van der Waals surface area contributed by atoms with E-state index in [-0.39, 0.29) is 17.4 Å². The number of rotatable bonds is 4. The van der Waals surface area contributed by atoms with Crippen LogP contribution in [0.15, 0.2) is 30.5 Å². The van der Waals surface area contributed by atoms with E-state index in [4.69, 9.17) is 11.6 Å². The average molecular weight is 347 g/mol. The van der Waals surface area contributed by atoms with Crippen LogP contribution in [0.25, 0.3) is 0 Å². The summed E-state index contributed by atoms with van der Waals surface area (Å²) in [6.45, 7) is 2.93. The average Bonchev–Trinajstić information content (AvgIpc) is 3.18. The highest BCUT2D eigenvalue weighted by Crippen LogP contribution is 2.50. The molecule has 1 saturated heterocycles. The maximum Gasteiger partial charge on any atom is 0.233 e. The van der Waals surface area contributed by atoms with Gasteiger partial charge < -0.3 is 10.0 Å². The van der Waals surface area contributed by atoms with Crippen molar-refractivity contribution >= 4 is 17.5 Å². The van der Waals surface area contributed by atoms with Gasteiger partial charge in [0.2, 0.25) is 5.91 Å². The maximum absolute atomic E-state index is 12.9. The van der Waals surface area contributed by atoms with Crippen LogP contribution in [0.3, 0.4) is 0 Å². The van der Waals surface area contributed by atoms with E-state index in [2.05, 4.69) is 10.3 Å². The molecule has 2 aromatic rings. The van der Waals surface area contributed by atoms with Crippen LogP contribution in [0, 0.1) is 0 Å². The number of aromatic nitrogens is 3. The van der Waals surface area contributed by atoms with Gasteiger partial charge in [0.05, 0.1) is 23.8 Å². The molecule has 1 atom stereocenters. The molecule has 4 rings (SSSR count). The normalized spacial score (nSPS) is 20.5. The molecule has 2 heterocycles. The van der Waals surface area contributed by atoms with Crippen molar-refractivity contribution in [2.45, 2.75) is 37.3 Å². The van der Waals surface area contributed by atoms with Crippen molar-refractivity contribution in [1.82, 2.24) is 19.9 Å². The van der Waals surface area contributed by atoms with Gasteiger partial charge in [-0.15, -0.1) is 5.10 Å². The topological polar surface area (TPSA) is 71.2 Å². The lowest BCUT2D eigenvalue weighted by molar-refractivity contribution is -0.140. The Morgan fingerprint density at radius 1 is 1.33 bits per heavy atom. The molecule has 1 amide bonds. The number of nitrogens with zero attached hydrogens (tertiary/aromatic N) is 4. The van der Waals surface area contributed by atoms with E-state index in [0.29, 0.717) is 23.8 Å². The predicted octanol–water partition coefficient (Wildman–Crippen LogP) is 2.10. The number of aliphatic hydroxyl groups is 1. The molecule has 2 fully saturated rings. The number of aliphatic hydroxyl groups excluding tert-OH is 1. The second-order valence-corrected chi connectivity index (χ2v) is 7.19. The van der Waals surface area contributed by atoms with Gasteiger partial charge in [0.15, 0.2) is 0 Å². The van der Waals surface area contributed by atoms with Crippen LogP contribution in [-0.2, 0) is 10.2 Å². The summed E-state index contributed by atoms with van der Waals surface area (Å²) < 4.78 is 1.74. The summed E-state index contributed by atoms with van der Waals surface area (Å²) in [7, 11) is 0. The Labute approximate surface area is 145 Å². The van der Waals surface area contributed by atoms with Gasteiger partial charge >= 0.3 is 0 Å². The monoisotopic (exact) mass is 346 g/mol. The number of benzene rings is 1. The zero-order valence-electron chi connectivity index (χ0n) is 13.4. The van der Waals surface area contributed by atoms with Crippen molar-refractivity contribution < 1.29 is 9.90 Å². The molecule has 1 aromatic carbocycles. The molecule has 24 heavy (non-hydrogen) atoms. The highest BCUT2D eigenvalue weighted by Gasteiger charge is 2.54. The summed E-state index contributed by atoms with van der Waals surface area (Å²) in [6, 6.07) is 7.73. The van der Waals surface area contributed by atoms with E-state index in [9.17, 15) is 9.90 Å². The minimum atomic E-state index is -0.629. The van der Waals surface area contributed by atoms with Crippen LogP contribution < -0.4 is 0 Å². The van der Waals surface area contributed by atoms with E-state index in [0.717, 1.165) is 18.4 Å². The van der Waals surface area contributed by atoms with Crippen LogP contribution >= 0.6 is 11.6 Å². The SMILES string of the molecule is C[C@H](O)c1cn(C2CN(C(=O)C3(c4ccc(Cl)cc4)CC3)C2)nn1. The molecule has 0 spiro atoms. The highest BCUT2D eigenvalue weighted by atomic mass is 35.5.